The number of alkyl carbamates (subject to hydrolysis) is 1. The molecule has 1 amide bonds. The van der Waals surface area contributed by atoms with E-state index >= 15 is 0 Å². The fourth-order valence-corrected chi connectivity index (χ4v) is 2.33. The average Bonchev–Trinajstić information content (AvgIpc) is 2.62. The number of hydrogen-bond donors (Lipinski definition) is 2. The predicted octanol–water partition coefficient (Wildman–Crippen LogP) is 2.92. The number of carbonyl (C=O) groups is 1. The minimum Gasteiger partial charge on any atom is -0.494 e. The van der Waals surface area contributed by atoms with Crippen molar-refractivity contribution in [1.82, 2.24) is 5.32 Å². The lowest BCUT2D eigenvalue weighted by Gasteiger charge is -2.18. The number of rotatable bonds is 8. The van der Waals surface area contributed by atoms with Crippen molar-refractivity contribution in [3.05, 3.63) is 65.7 Å². The van der Waals surface area contributed by atoms with Crippen LogP contribution in [0.2, 0.25) is 0 Å². The predicted molar refractivity (Wildman–Crippen MR) is 92.0 cm³/mol. The zero-order chi connectivity index (χ0) is 17.2. The molecule has 128 valence electrons. The minimum absolute atomic E-state index is 0.180. The minimum atomic E-state index is -0.549. The lowest BCUT2D eigenvalue weighted by atomic mass is 10.1. The smallest absolute Gasteiger partial charge is 0.407 e. The Bertz CT molecular complexity index is 630. The van der Waals surface area contributed by atoms with Gasteiger partial charge >= 0.3 is 6.09 Å². The van der Waals surface area contributed by atoms with Crippen molar-refractivity contribution >= 4 is 6.09 Å². The Labute approximate surface area is 142 Å². The number of amides is 1. The molecule has 0 aromatic heterocycles. The van der Waals surface area contributed by atoms with Gasteiger partial charge in [-0.2, -0.15) is 0 Å². The van der Waals surface area contributed by atoms with Crippen LogP contribution in [-0.2, 0) is 17.8 Å². The summed E-state index contributed by atoms with van der Waals surface area (Å²) in [6, 6.07) is 16.6. The topological polar surface area (TPSA) is 67.8 Å². The van der Waals surface area contributed by atoms with Crippen molar-refractivity contribution < 1.29 is 19.4 Å². The van der Waals surface area contributed by atoms with Gasteiger partial charge in [-0.15, -0.1) is 0 Å². The molecule has 0 aliphatic heterocycles. The second-order valence-electron chi connectivity index (χ2n) is 5.33. The van der Waals surface area contributed by atoms with Crippen molar-refractivity contribution in [2.75, 3.05) is 13.2 Å². The molecule has 0 saturated carbocycles. The standard InChI is InChI=1S/C19H23NO4/c1-2-23-18-11-7-6-10-16(18)12-17(13-21)20-19(22)24-14-15-8-4-3-5-9-15/h3-11,17,21H,2,12-14H2,1H3,(H,20,22). The fraction of sp³-hybridized carbons (Fsp3) is 0.316. The zero-order valence-electron chi connectivity index (χ0n) is 13.8. The molecule has 5 nitrogen and oxygen atoms in total. The summed E-state index contributed by atoms with van der Waals surface area (Å²) >= 11 is 0. The molecule has 1 atom stereocenters. The molecule has 0 fully saturated rings. The van der Waals surface area contributed by atoms with Crippen LogP contribution in [0.3, 0.4) is 0 Å². The first-order chi connectivity index (χ1) is 11.7. The van der Waals surface area contributed by atoms with Gasteiger partial charge in [0.2, 0.25) is 0 Å². The number of para-hydroxylation sites is 1. The van der Waals surface area contributed by atoms with E-state index in [1.807, 2.05) is 61.5 Å². The first-order valence-corrected chi connectivity index (χ1v) is 8.01. The Hall–Kier alpha value is -2.53. The van der Waals surface area contributed by atoms with Crippen LogP contribution >= 0.6 is 0 Å². The zero-order valence-corrected chi connectivity index (χ0v) is 13.8. The molecule has 0 aliphatic rings. The number of carbonyl (C=O) groups excluding carboxylic acids is 1. The van der Waals surface area contributed by atoms with Gasteiger partial charge in [0.1, 0.15) is 12.4 Å². The van der Waals surface area contributed by atoms with Gasteiger partial charge in [-0.25, -0.2) is 4.79 Å². The fourth-order valence-electron chi connectivity index (χ4n) is 2.33. The Kier molecular flexibility index (Phi) is 7.11. The van der Waals surface area contributed by atoms with E-state index in [0.29, 0.717) is 13.0 Å². The normalized spacial score (nSPS) is 11.6. The first-order valence-electron chi connectivity index (χ1n) is 8.01. The van der Waals surface area contributed by atoms with E-state index in [1.165, 1.54) is 0 Å². The second kappa shape index (κ2) is 9.57. The van der Waals surface area contributed by atoms with Gasteiger partial charge in [-0.05, 0) is 30.5 Å². The van der Waals surface area contributed by atoms with Crippen LogP contribution in [0.1, 0.15) is 18.1 Å². The third-order valence-corrected chi connectivity index (χ3v) is 3.49. The van der Waals surface area contributed by atoms with E-state index in [2.05, 4.69) is 5.32 Å². The van der Waals surface area contributed by atoms with E-state index in [0.717, 1.165) is 16.9 Å². The van der Waals surface area contributed by atoms with Gasteiger partial charge in [-0.3, -0.25) is 0 Å². The van der Waals surface area contributed by atoms with E-state index in [-0.39, 0.29) is 13.2 Å². The molecule has 0 aliphatic carbocycles. The highest BCUT2D eigenvalue weighted by Crippen LogP contribution is 2.19. The lowest BCUT2D eigenvalue weighted by molar-refractivity contribution is 0.129. The molecule has 0 radical (unpaired) electrons. The van der Waals surface area contributed by atoms with Crippen LogP contribution in [0, 0.1) is 0 Å². The van der Waals surface area contributed by atoms with Crippen molar-refractivity contribution in [3.63, 3.8) is 0 Å². The summed E-state index contributed by atoms with van der Waals surface area (Å²) in [5.74, 6) is 0.762. The molecule has 24 heavy (non-hydrogen) atoms. The quantitative estimate of drug-likeness (QED) is 0.781. The van der Waals surface area contributed by atoms with E-state index in [1.54, 1.807) is 0 Å². The highest BCUT2D eigenvalue weighted by atomic mass is 16.5. The SMILES string of the molecule is CCOc1ccccc1CC(CO)NC(=O)OCc1ccccc1. The summed E-state index contributed by atoms with van der Waals surface area (Å²) in [6.45, 7) is 2.49. The number of aliphatic hydroxyl groups is 1. The third kappa shape index (κ3) is 5.59. The van der Waals surface area contributed by atoms with Crippen LogP contribution in [0.15, 0.2) is 54.6 Å². The maximum atomic E-state index is 11.9. The molecule has 2 rings (SSSR count). The number of aliphatic hydroxyl groups excluding tert-OH is 1. The van der Waals surface area contributed by atoms with Crippen molar-refractivity contribution in [2.45, 2.75) is 26.0 Å². The Morgan fingerprint density at radius 1 is 1.12 bits per heavy atom. The summed E-state index contributed by atoms with van der Waals surface area (Å²) in [5, 5.41) is 12.2. The summed E-state index contributed by atoms with van der Waals surface area (Å²) in [7, 11) is 0. The van der Waals surface area contributed by atoms with Gasteiger partial charge < -0.3 is 19.9 Å². The van der Waals surface area contributed by atoms with Crippen LogP contribution in [0.25, 0.3) is 0 Å². The molecule has 2 aromatic rings. The molecule has 0 spiro atoms. The van der Waals surface area contributed by atoms with E-state index in [9.17, 15) is 9.90 Å². The first kappa shape index (κ1) is 17.8. The molecule has 2 N–H and O–H groups in total. The maximum absolute atomic E-state index is 11.9. The van der Waals surface area contributed by atoms with Gasteiger partial charge in [0.25, 0.3) is 0 Å². The molecule has 0 saturated heterocycles. The largest absolute Gasteiger partial charge is 0.494 e. The molecule has 0 heterocycles. The summed E-state index contributed by atoms with van der Waals surface area (Å²) in [4.78, 5) is 11.9. The van der Waals surface area contributed by atoms with Gasteiger partial charge in [0.15, 0.2) is 0 Å². The molecule has 5 heteroatoms. The molecule has 2 aromatic carbocycles. The monoisotopic (exact) mass is 329 g/mol. The second-order valence-corrected chi connectivity index (χ2v) is 5.33. The lowest BCUT2D eigenvalue weighted by Crippen LogP contribution is -2.39. The van der Waals surface area contributed by atoms with Gasteiger partial charge in [-0.1, -0.05) is 48.5 Å². The van der Waals surface area contributed by atoms with Gasteiger partial charge in [0, 0.05) is 0 Å². The number of nitrogens with one attached hydrogen (secondary N) is 1. The van der Waals surface area contributed by atoms with Gasteiger partial charge in [0.05, 0.1) is 19.3 Å². The molecule has 1 unspecified atom stereocenters. The number of ether oxygens (including phenoxy) is 2. The average molecular weight is 329 g/mol. The highest BCUT2D eigenvalue weighted by molar-refractivity contribution is 5.67. The highest BCUT2D eigenvalue weighted by Gasteiger charge is 2.15. The Morgan fingerprint density at radius 3 is 2.54 bits per heavy atom. The summed E-state index contributed by atoms with van der Waals surface area (Å²) < 4.78 is 10.8. The Balaban J connectivity index is 1.88. The Morgan fingerprint density at radius 2 is 1.83 bits per heavy atom. The number of hydrogen-bond acceptors (Lipinski definition) is 4. The molecular formula is C19H23NO4. The van der Waals surface area contributed by atoms with Crippen molar-refractivity contribution in [3.8, 4) is 5.75 Å². The van der Waals surface area contributed by atoms with Crippen LogP contribution in [0.4, 0.5) is 4.79 Å². The van der Waals surface area contributed by atoms with E-state index < -0.39 is 12.1 Å². The van der Waals surface area contributed by atoms with Crippen molar-refractivity contribution in [2.24, 2.45) is 0 Å². The number of benzene rings is 2. The summed E-state index contributed by atoms with van der Waals surface area (Å²) in [5.41, 5.74) is 1.84. The van der Waals surface area contributed by atoms with Crippen LogP contribution in [-0.4, -0.2) is 30.5 Å². The third-order valence-electron chi connectivity index (χ3n) is 3.49. The summed E-state index contributed by atoms with van der Waals surface area (Å²) in [6.07, 6.45) is -0.0839. The van der Waals surface area contributed by atoms with Crippen LogP contribution in [0.5, 0.6) is 5.75 Å². The molecular weight excluding hydrogens is 306 g/mol. The maximum Gasteiger partial charge on any atom is 0.407 e. The molecule has 0 bridgehead atoms. The van der Waals surface area contributed by atoms with Crippen LogP contribution < -0.4 is 10.1 Å². The van der Waals surface area contributed by atoms with Crippen molar-refractivity contribution in [1.29, 1.82) is 0 Å². The van der Waals surface area contributed by atoms with E-state index in [4.69, 9.17) is 9.47 Å².